The summed E-state index contributed by atoms with van der Waals surface area (Å²) in [5.41, 5.74) is 0.615. The van der Waals surface area contributed by atoms with E-state index < -0.39 is 5.97 Å². The number of hydrogen-bond acceptors (Lipinski definition) is 4. The fourth-order valence-electron chi connectivity index (χ4n) is 1.31. The van der Waals surface area contributed by atoms with Crippen molar-refractivity contribution < 1.29 is 24.1 Å². The molecule has 1 aromatic rings. The van der Waals surface area contributed by atoms with Crippen molar-refractivity contribution in [3.8, 4) is 17.2 Å². The SMILES string of the molecule is COc1cc(OC)cc(OCC(C)=CC(=O)O)c1. The first-order valence-electron chi connectivity index (χ1n) is 5.31. The van der Waals surface area contributed by atoms with Gasteiger partial charge in [0.2, 0.25) is 0 Å². The Hall–Kier alpha value is -2.17. The van der Waals surface area contributed by atoms with E-state index in [1.165, 1.54) is 0 Å². The van der Waals surface area contributed by atoms with Gasteiger partial charge in [-0.2, -0.15) is 0 Å². The molecule has 5 nitrogen and oxygen atoms in total. The van der Waals surface area contributed by atoms with E-state index >= 15 is 0 Å². The third-order valence-electron chi connectivity index (χ3n) is 2.16. The minimum atomic E-state index is -0.987. The van der Waals surface area contributed by atoms with Crippen molar-refractivity contribution in [2.45, 2.75) is 6.92 Å². The van der Waals surface area contributed by atoms with Gasteiger partial charge >= 0.3 is 5.97 Å². The summed E-state index contributed by atoms with van der Waals surface area (Å²) in [6, 6.07) is 5.14. The molecule has 1 N–H and O–H groups in total. The van der Waals surface area contributed by atoms with E-state index in [-0.39, 0.29) is 6.61 Å². The Kier molecular flexibility index (Phi) is 5.05. The van der Waals surface area contributed by atoms with E-state index in [1.807, 2.05) is 0 Å². The van der Waals surface area contributed by atoms with Crippen molar-refractivity contribution in [3.05, 3.63) is 29.8 Å². The summed E-state index contributed by atoms with van der Waals surface area (Å²) in [5.74, 6) is 0.803. The van der Waals surface area contributed by atoms with Crippen LogP contribution in [0.2, 0.25) is 0 Å². The highest BCUT2D eigenvalue weighted by molar-refractivity contribution is 5.80. The Balaban J connectivity index is 2.75. The van der Waals surface area contributed by atoms with Gasteiger partial charge in [-0.25, -0.2) is 4.79 Å². The van der Waals surface area contributed by atoms with Gasteiger partial charge < -0.3 is 19.3 Å². The Labute approximate surface area is 106 Å². The lowest BCUT2D eigenvalue weighted by atomic mass is 10.3. The van der Waals surface area contributed by atoms with Crippen molar-refractivity contribution in [1.29, 1.82) is 0 Å². The topological polar surface area (TPSA) is 65.0 Å². The van der Waals surface area contributed by atoms with Crippen LogP contribution in [0.15, 0.2) is 29.8 Å². The number of hydrogen-bond donors (Lipinski definition) is 1. The van der Waals surface area contributed by atoms with Crippen LogP contribution >= 0.6 is 0 Å². The second-order valence-corrected chi connectivity index (χ2v) is 3.67. The van der Waals surface area contributed by atoms with Crippen molar-refractivity contribution in [1.82, 2.24) is 0 Å². The maximum Gasteiger partial charge on any atom is 0.328 e. The van der Waals surface area contributed by atoms with Crippen molar-refractivity contribution in [2.75, 3.05) is 20.8 Å². The Morgan fingerprint density at radius 2 is 1.67 bits per heavy atom. The van der Waals surface area contributed by atoms with Gasteiger partial charge in [-0.05, 0) is 12.5 Å². The predicted octanol–water partition coefficient (Wildman–Crippen LogP) is 2.11. The van der Waals surface area contributed by atoms with Gasteiger partial charge in [-0.15, -0.1) is 0 Å². The smallest absolute Gasteiger partial charge is 0.328 e. The first kappa shape index (κ1) is 13.9. The van der Waals surface area contributed by atoms with Gasteiger partial charge in [0.1, 0.15) is 23.9 Å². The van der Waals surface area contributed by atoms with Crippen LogP contribution in [0.3, 0.4) is 0 Å². The third-order valence-corrected chi connectivity index (χ3v) is 2.16. The molecule has 18 heavy (non-hydrogen) atoms. The molecule has 0 saturated carbocycles. The maximum absolute atomic E-state index is 10.4. The molecule has 0 saturated heterocycles. The monoisotopic (exact) mass is 252 g/mol. The molecule has 0 radical (unpaired) electrons. The molecule has 0 atom stereocenters. The molecule has 0 fully saturated rings. The molecular formula is C13H16O5. The van der Waals surface area contributed by atoms with Crippen LogP contribution in [-0.4, -0.2) is 31.9 Å². The molecule has 1 aromatic carbocycles. The van der Waals surface area contributed by atoms with Crippen molar-refractivity contribution in [2.24, 2.45) is 0 Å². The molecule has 0 aliphatic carbocycles. The van der Waals surface area contributed by atoms with Crippen LogP contribution in [0.25, 0.3) is 0 Å². The average molecular weight is 252 g/mol. The Bertz CT molecular complexity index is 428. The van der Waals surface area contributed by atoms with E-state index in [0.29, 0.717) is 22.8 Å². The van der Waals surface area contributed by atoms with E-state index in [9.17, 15) is 4.79 Å². The highest BCUT2D eigenvalue weighted by atomic mass is 16.5. The molecule has 0 amide bonds. The highest BCUT2D eigenvalue weighted by Crippen LogP contribution is 2.27. The van der Waals surface area contributed by atoms with Crippen LogP contribution < -0.4 is 14.2 Å². The number of ether oxygens (including phenoxy) is 3. The van der Waals surface area contributed by atoms with E-state index in [0.717, 1.165) is 6.08 Å². The first-order valence-corrected chi connectivity index (χ1v) is 5.31. The zero-order valence-electron chi connectivity index (χ0n) is 10.6. The van der Waals surface area contributed by atoms with Gasteiger partial charge in [0.25, 0.3) is 0 Å². The minimum Gasteiger partial charge on any atom is -0.496 e. The molecule has 0 aliphatic heterocycles. The fourth-order valence-corrected chi connectivity index (χ4v) is 1.31. The summed E-state index contributed by atoms with van der Waals surface area (Å²) in [7, 11) is 3.10. The first-order chi connectivity index (χ1) is 8.55. The molecule has 0 aliphatic rings. The number of methoxy groups -OCH3 is 2. The largest absolute Gasteiger partial charge is 0.496 e. The van der Waals surface area contributed by atoms with Crippen LogP contribution in [0.5, 0.6) is 17.2 Å². The fraction of sp³-hybridized carbons (Fsp3) is 0.308. The van der Waals surface area contributed by atoms with Crippen LogP contribution in [0.1, 0.15) is 6.92 Å². The average Bonchev–Trinajstić information content (AvgIpc) is 2.35. The van der Waals surface area contributed by atoms with E-state index in [2.05, 4.69) is 0 Å². The molecule has 0 spiro atoms. The van der Waals surface area contributed by atoms with Crippen LogP contribution in [-0.2, 0) is 4.79 Å². The number of carboxylic acid groups (broad SMARTS) is 1. The van der Waals surface area contributed by atoms with E-state index in [4.69, 9.17) is 19.3 Å². The number of aliphatic carboxylic acids is 1. The summed E-state index contributed by atoms with van der Waals surface area (Å²) >= 11 is 0. The molecule has 1 rings (SSSR count). The lowest BCUT2D eigenvalue weighted by Crippen LogP contribution is -2.02. The predicted molar refractivity (Wildman–Crippen MR) is 66.4 cm³/mol. The Morgan fingerprint density at radius 1 is 1.17 bits per heavy atom. The second kappa shape index (κ2) is 6.54. The third kappa shape index (κ3) is 4.37. The maximum atomic E-state index is 10.4. The van der Waals surface area contributed by atoms with Gasteiger partial charge in [0.05, 0.1) is 14.2 Å². The summed E-state index contributed by atoms with van der Waals surface area (Å²) in [6.45, 7) is 1.88. The number of carboxylic acids is 1. The van der Waals surface area contributed by atoms with Gasteiger partial charge in [0.15, 0.2) is 0 Å². The van der Waals surface area contributed by atoms with E-state index in [1.54, 1.807) is 39.3 Å². The van der Waals surface area contributed by atoms with Crippen LogP contribution in [0, 0.1) is 0 Å². The molecule has 5 heteroatoms. The number of benzene rings is 1. The number of rotatable bonds is 6. The molecule has 98 valence electrons. The standard InChI is InChI=1S/C13H16O5/c1-9(4-13(14)15)8-18-12-6-10(16-2)5-11(7-12)17-3/h4-7H,8H2,1-3H3,(H,14,15). The zero-order valence-corrected chi connectivity index (χ0v) is 10.6. The molecule has 0 unspecified atom stereocenters. The van der Waals surface area contributed by atoms with Gasteiger partial charge in [-0.1, -0.05) is 0 Å². The lowest BCUT2D eigenvalue weighted by molar-refractivity contribution is -0.131. The zero-order chi connectivity index (χ0) is 13.5. The number of carbonyl (C=O) groups is 1. The summed E-state index contributed by atoms with van der Waals surface area (Å²) < 4.78 is 15.7. The minimum absolute atomic E-state index is 0.197. The molecule has 0 heterocycles. The lowest BCUT2D eigenvalue weighted by Gasteiger charge is -2.10. The van der Waals surface area contributed by atoms with Crippen LogP contribution in [0.4, 0.5) is 0 Å². The van der Waals surface area contributed by atoms with Gasteiger partial charge in [0, 0.05) is 24.3 Å². The normalized spacial score (nSPS) is 10.9. The van der Waals surface area contributed by atoms with Crippen molar-refractivity contribution in [3.63, 3.8) is 0 Å². The summed E-state index contributed by atoms with van der Waals surface area (Å²) in [6.07, 6.45) is 1.11. The molecule has 0 aromatic heterocycles. The summed E-state index contributed by atoms with van der Waals surface area (Å²) in [4.78, 5) is 10.4. The molecular weight excluding hydrogens is 236 g/mol. The van der Waals surface area contributed by atoms with Crippen molar-refractivity contribution >= 4 is 5.97 Å². The quantitative estimate of drug-likeness (QED) is 0.785. The highest BCUT2D eigenvalue weighted by Gasteiger charge is 2.03. The Morgan fingerprint density at radius 3 is 2.11 bits per heavy atom. The second-order valence-electron chi connectivity index (χ2n) is 3.67. The summed E-state index contributed by atoms with van der Waals surface area (Å²) in [5, 5.41) is 8.57. The van der Waals surface area contributed by atoms with Gasteiger partial charge in [-0.3, -0.25) is 0 Å². The molecule has 0 bridgehead atoms.